The zero-order valence-corrected chi connectivity index (χ0v) is 14.1. The number of amides is 1. The molecule has 0 saturated heterocycles. The van der Waals surface area contributed by atoms with Crippen LogP contribution in [0, 0.1) is 0 Å². The van der Waals surface area contributed by atoms with Crippen molar-refractivity contribution < 1.29 is 4.79 Å². The van der Waals surface area contributed by atoms with Gasteiger partial charge in [0.2, 0.25) is 5.91 Å². The van der Waals surface area contributed by atoms with Crippen molar-refractivity contribution in [3.05, 3.63) is 35.9 Å². The molecule has 0 unspecified atom stereocenters. The lowest BCUT2D eigenvalue weighted by Gasteiger charge is -2.17. The van der Waals surface area contributed by atoms with Gasteiger partial charge in [-0.3, -0.25) is 9.79 Å². The summed E-state index contributed by atoms with van der Waals surface area (Å²) in [6.07, 6.45) is 0.415. The lowest BCUT2D eigenvalue weighted by molar-refractivity contribution is -0.130. The number of aliphatic imine (C=N–C) groups is 1. The van der Waals surface area contributed by atoms with Gasteiger partial charge in [0.25, 0.3) is 0 Å². The van der Waals surface area contributed by atoms with Gasteiger partial charge in [-0.25, -0.2) is 0 Å². The summed E-state index contributed by atoms with van der Waals surface area (Å²) in [5.41, 5.74) is 1.14. The number of guanidine groups is 1. The Bertz CT molecular complexity index is 471. The molecule has 0 spiro atoms. The highest BCUT2D eigenvalue weighted by atomic mass is 16.2. The number of hydrogen-bond acceptors (Lipinski definition) is 2. The summed E-state index contributed by atoms with van der Waals surface area (Å²) in [4.78, 5) is 18.3. The predicted octanol–water partition coefficient (Wildman–Crippen LogP) is 2.00. The van der Waals surface area contributed by atoms with E-state index in [1.54, 1.807) is 4.90 Å². The minimum absolute atomic E-state index is 0.105. The average Bonchev–Trinajstić information content (AvgIpc) is 2.47. The molecule has 0 saturated carbocycles. The van der Waals surface area contributed by atoms with Crippen LogP contribution in [-0.2, 0) is 11.3 Å². The van der Waals surface area contributed by atoms with Gasteiger partial charge in [-0.05, 0) is 26.3 Å². The Labute approximate surface area is 133 Å². The van der Waals surface area contributed by atoms with Gasteiger partial charge in [0, 0.05) is 32.6 Å². The van der Waals surface area contributed by atoms with Crippen LogP contribution in [0.4, 0.5) is 0 Å². The van der Waals surface area contributed by atoms with Crippen molar-refractivity contribution in [3.8, 4) is 0 Å². The van der Waals surface area contributed by atoms with Crippen LogP contribution >= 0.6 is 0 Å². The Balaban J connectivity index is 2.43. The van der Waals surface area contributed by atoms with Crippen LogP contribution in [0.15, 0.2) is 35.3 Å². The molecule has 0 aromatic heterocycles. The van der Waals surface area contributed by atoms with Crippen LogP contribution < -0.4 is 10.6 Å². The molecule has 1 rings (SSSR count). The van der Waals surface area contributed by atoms with Crippen LogP contribution in [0.25, 0.3) is 0 Å². The fourth-order valence-corrected chi connectivity index (χ4v) is 1.99. The van der Waals surface area contributed by atoms with Crippen LogP contribution in [0.5, 0.6) is 0 Å². The van der Waals surface area contributed by atoms with Crippen LogP contribution in [-0.4, -0.2) is 42.9 Å². The first-order valence-corrected chi connectivity index (χ1v) is 7.85. The second kappa shape index (κ2) is 9.82. The SMILES string of the molecule is CCNC(=NCCC(=O)N(C)Cc1ccccc1)NC(C)C. The van der Waals surface area contributed by atoms with Crippen molar-refractivity contribution in [3.63, 3.8) is 0 Å². The molecule has 0 aliphatic rings. The second-order valence-electron chi connectivity index (χ2n) is 5.55. The molecule has 5 heteroatoms. The quantitative estimate of drug-likeness (QED) is 0.598. The molecule has 0 atom stereocenters. The van der Waals surface area contributed by atoms with Gasteiger partial charge in [-0.1, -0.05) is 30.3 Å². The Kier molecular flexibility index (Phi) is 8.04. The summed E-state index contributed by atoms with van der Waals surface area (Å²) < 4.78 is 0. The van der Waals surface area contributed by atoms with Crippen LogP contribution in [0.3, 0.4) is 0 Å². The molecule has 22 heavy (non-hydrogen) atoms. The third kappa shape index (κ3) is 7.11. The third-order valence-corrected chi connectivity index (χ3v) is 3.05. The summed E-state index contributed by atoms with van der Waals surface area (Å²) in [5, 5.41) is 6.41. The largest absolute Gasteiger partial charge is 0.357 e. The first-order chi connectivity index (χ1) is 10.5. The van der Waals surface area contributed by atoms with E-state index < -0.39 is 0 Å². The molecule has 122 valence electrons. The van der Waals surface area contributed by atoms with Gasteiger partial charge < -0.3 is 15.5 Å². The number of benzene rings is 1. The molecule has 0 radical (unpaired) electrons. The minimum atomic E-state index is 0.105. The molecular weight excluding hydrogens is 276 g/mol. The van der Waals surface area contributed by atoms with Gasteiger partial charge in [-0.15, -0.1) is 0 Å². The summed E-state index contributed by atoms with van der Waals surface area (Å²) >= 11 is 0. The molecule has 1 aromatic carbocycles. The van der Waals surface area contributed by atoms with Crippen molar-refractivity contribution in [1.82, 2.24) is 15.5 Å². The van der Waals surface area contributed by atoms with E-state index in [9.17, 15) is 4.79 Å². The standard InChI is InChI=1S/C17H28N4O/c1-5-18-17(20-14(2)3)19-12-11-16(22)21(4)13-15-9-7-6-8-10-15/h6-10,14H,5,11-13H2,1-4H3,(H2,18,19,20). The number of rotatable bonds is 7. The van der Waals surface area contributed by atoms with Crippen LogP contribution in [0.2, 0.25) is 0 Å². The van der Waals surface area contributed by atoms with E-state index in [4.69, 9.17) is 0 Å². The normalized spacial score (nSPS) is 11.4. The summed E-state index contributed by atoms with van der Waals surface area (Å²) in [6, 6.07) is 10.3. The molecule has 1 amide bonds. The smallest absolute Gasteiger partial charge is 0.224 e. The topological polar surface area (TPSA) is 56.7 Å². The Morgan fingerprint density at radius 2 is 1.95 bits per heavy atom. The Morgan fingerprint density at radius 1 is 1.27 bits per heavy atom. The molecule has 0 aliphatic carbocycles. The van der Waals surface area contributed by atoms with E-state index in [2.05, 4.69) is 29.5 Å². The van der Waals surface area contributed by atoms with Gasteiger partial charge in [0.1, 0.15) is 0 Å². The van der Waals surface area contributed by atoms with Crippen molar-refractivity contribution in [2.24, 2.45) is 4.99 Å². The van der Waals surface area contributed by atoms with Gasteiger partial charge in [0.05, 0.1) is 6.54 Å². The van der Waals surface area contributed by atoms with E-state index in [1.807, 2.05) is 44.3 Å². The number of nitrogens with zero attached hydrogens (tertiary/aromatic N) is 2. The van der Waals surface area contributed by atoms with Crippen molar-refractivity contribution in [2.45, 2.75) is 39.8 Å². The van der Waals surface area contributed by atoms with Crippen LogP contribution in [0.1, 0.15) is 32.8 Å². The maximum atomic E-state index is 12.1. The fourth-order valence-electron chi connectivity index (χ4n) is 1.99. The molecule has 2 N–H and O–H groups in total. The molecular formula is C17H28N4O. The van der Waals surface area contributed by atoms with E-state index >= 15 is 0 Å². The lowest BCUT2D eigenvalue weighted by Crippen LogP contribution is -2.41. The monoisotopic (exact) mass is 304 g/mol. The van der Waals surface area contributed by atoms with Gasteiger partial charge in [0.15, 0.2) is 5.96 Å². The first kappa shape index (κ1) is 18.0. The summed E-state index contributed by atoms with van der Waals surface area (Å²) in [6.45, 7) is 8.07. The Hall–Kier alpha value is -2.04. The zero-order valence-electron chi connectivity index (χ0n) is 14.1. The number of carbonyl (C=O) groups excluding carboxylic acids is 1. The van der Waals surface area contributed by atoms with Crippen molar-refractivity contribution in [1.29, 1.82) is 0 Å². The first-order valence-electron chi connectivity index (χ1n) is 7.85. The van der Waals surface area contributed by atoms with E-state index in [-0.39, 0.29) is 5.91 Å². The highest BCUT2D eigenvalue weighted by molar-refractivity contribution is 5.81. The molecule has 0 fully saturated rings. The van der Waals surface area contributed by atoms with E-state index in [0.717, 1.165) is 18.1 Å². The zero-order chi connectivity index (χ0) is 16.4. The average molecular weight is 304 g/mol. The Morgan fingerprint density at radius 3 is 2.55 bits per heavy atom. The predicted molar refractivity (Wildman–Crippen MR) is 91.8 cm³/mol. The number of nitrogens with one attached hydrogen (secondary N) is 2. The van der Waals surface area contributed by atoms with Crippen molar-refractivity contribution in [2.75, 3.05) is 20.1 Å². The molecule has 0 aliphatic heterocycles. The fraction of sp³-hybridized carbons (Fsp3) is 0.529. The third-order valence-electron chi connectivity index (χ3n) is 3.05. The van der Waals surface area contributed by atoms with E-state index in [1.165, 1.54) is 0 Å². The molecule has 0 bridgehead atoms. The number of hydrogen-bond donors (Lipinski definition) is 2. The maximum absolute atomic E-state index is 12.1. The summed E-state index contributed by atoms with van der Waals surface area (Å²) in [7, 11) is 1.83. The second-order valence-corrected chi connectivity index (χ2v) is 5.55. The highest BCUT2D eigenvalue weighted by Gasteiger charge is 2.09. The molecule has 0 heterocycles. The lowest BCUT2D eigenvalue weighted by atomic mass is 10.2. The summed E-state index contributed by atoms with van der Waals surface area (Å²) in [5.74, 6) is 0.865. The van der Waals surface area contributed by atoms with Crippen molar-refractivity contribution >= 4 is 11.9 Å². The molecule has 5 nitrogen and oxygen atoms in total. The highest BCUT2D eigenvalue weighted by Crippen LogP contribution is 2.04. The van der Waals surface area contributed by atoms with Gasteiger partial charge >= 0.3 is 0 Å². The van der Waals surface area contributed by atoms with E-state index in [0.29, 0.717) is 25.6 Å². The minimum Gasteiger partial charge on any atom is -0.357 e. The number of carbonyl (C=O) groups is 1. The molecule has 1 aromatic rings. The van der Waals surface area contributed by atoms with Gasteiger partial charge in [-0.2, -0.15) is 0 Å². The maximum Gasteiger partial charge on any atom is 0.224 e.